The number of esters is 1. The van der Waals surface area contributed by atoms with E-state index in [1.807, 2.05) is 6.07 Å². The summed E-state index contributed by atoms with van der Waals surface area (Å²) in [4.78, 5) is 43.8. The number of piperazine rings is 1. The Hall–Kier alpha value is -4.35. The van der Waals surface area contributed by atoms with Gasteiger partial charge in [0.2, 0.25) is 10.0 Å². The van der Waals surface area contributed by atoms with E-state index in [0.717, 1.165) is 0 Å². The van der Waals surface area contributed by atoms with Gasteiger partial charge in [0.05, 0.1) is 33.7 Å². The average Bonchev–Trinajstić information content (AvgIpc) is 2.97. The lowest BCUT2D eigenvalue weighted by Crippen LogP contribution is -2.50. The third-order valence-corrected chi connectivity index (χ3v) is 8.50. The molecule has 1 saturated heterocycles. The molecule has 0 spiro atoms. The number of fused-ring (bicyclic) bond motifs is 1. The summed E-state index contributed by atoms with van der Waals surface area (Å²) in [7, 11) is -3.78. The van der Waals surface area contributed by atoms with E-state index in [9.17, 15) is 22.8 Å². The number of carbonyl (C=O) groups excluding carboxylic acids is 2. The first-order chi connectivity index (χ1) is 18.8. The number of hydrogen-bond donors (Lipinski definition) is 0. The van der Waals surface area contributed by atoms with Gasteiger partial charge in [0.15, 0.2) is 0 Å². The van der Waals surface area contributed by atoms with E-state index in [-0.39, 0.29) is 54.7 Å². The first-order valence-corrected chi connectivity index (χ1v) is 13.9. The highest BCUT2D eigenvalue weighted by Crippen LogP contribution is 2.20. The van der Waals surface area contributed by atoms with Crippen LogP contribution in [-0.2, 0) is 14.8 Å². The van der Waals surface area contributed by atoms with E-state index >= 15 is 0 Å². The summed E-state index contributed by atoms with van der Waals surface area (Å²) >= 11 is 0. The molecular weight excluding hydrogens is 520 g/mol. The maximum atomic E-state index is 13.1. The van der Waals surface area contributed by atoms with Crippen molar-refractivity contribution in [3.8, 4) is 5.69 Å². The SMILES string of the molecule is CCOC(=O)c1ccc(S(=O)(=O)N2CCN(C(=O)c3ccc(-n4cnc5ccccc5c4=O)cc3)CC2)cc1. The molecule has 1 fully saturated rings. The summed E-state index contributed by atoms with van der Waals surface area (Å²) in [6, 6.07) is 19.4. The first-order valence-electron chi connectivity index (χ1n) is 12.4. The third-order valence-electron chi connectivity index (χ3n) is 6.59. The molecular formula is C28H26N4O6S. The molecule has 0 saturated carbocycles. The number of rotatable bonds is 6. The Morgan fingerprint density at radius 2 is 1.51 bits per heavy atom. The molecule has 0 radical (unpaired) electrons. The second-order valence-corrected chi connectivity index (χ2v) is 10.9. The van der Waals surface area contributed by atoms with Crippen LogP contribution in [0.25, 0.3) is 16.6 Å². The van der Waals surface area contributed by atoms with Crippen LogP contribution in [0.2, 0.25) is 0 Å². The Labute approximate surface area is 225 Å². The second-order valence-electron chi connectivity index (χ2n) is 8.92. The number of ether oxygens (including phenoxy) is 1. The van der Waals surface area contributed by atoms with Gasteiger partial charge in [-0.3, -0.25) is 14.2 Å². The fourth-order valence-electron chi connectivity index (χ4n) is 4.46. The lowest BCUT2D eigenvalue weighted by molar-refractivity contribution is 0.0526. The van der Waals surface area contributed by atoms with E-state index in [1.165, 1.54) is 39.5 Å². The monoisotopic (exact) mass is 546 g/mol. The van der Waals surface area contributed by atoms with Crippen molar-refractivity contribution < 1.29 is 22.7 Å². The molecule has 3 aromatic carbocycles. The molecule has 39 heavy (non-hydrogen) atoms. The van der Waals surface area contributed by atoms with Crippen LogP contribution < -0.4 is 5.56 Å². The van der Waals surface area contributed by atoms with Gasteiger partial charge in [0, 0.05) is 31.7 Å². The number of nitrogens with zero attached hydrogens (tertiary/aromatic N) is 4. The summed E-state index contributed by atoms with van der Waals surface area (Å²) in [6.07, 6.45) is 1.46. The molecule has 200 valence electrons. The Morgan fingerprint density at radius 1 is 0.872 bits per heavy atom. The quantitative estimate of drug-likeness (QED) is 0.341. The summed E-state index contributed by atoms with van der Waals surface area (Å²) in [5.74, 6) is -0.732. The van der Waals surface area contributed by atoms with Crippen LogP contribution in [0.15, 0.2) is 88.8 Å². The number of hydrogen-bond acceptors (Lipinski definition) is 7. The highest BCUT2D eigenvalue weighted by atomic mass is 32.2. The number of sulfonamides is 1. The van der Waals surface area contributed by atoms with Crippen LogP contribution in [-0.4, -0.2) is 71.8 Å². The van der Waals surface area contributed by atoms with Crippen molar-refractivity contribution >= 4 is 32.8 Å². The molecule has 0 atom stereocenters. The molecule has 1 aromatic heterocycles. The van der Waals surface area contributed by atoms with Gasteiger partial charge in [0.1, 0.15) is 6.33 Å². The fourth-order valence-corrected chi connectivity index (χ4v) is 5.88. The van der Waals surface area contributed by atoms with Crippen LogP contribution in [0, 0.1) is 0 Å². The molecule has 0 unspecified atom stereocenters. The average molecular weight is 547 g/mol. The van der Waals surface area contributed by atoms with Crippen LogP contribution in [0.5, 0.6) is 0 Å². The van der Waals surface area contributed by atoms with Crippen molar-refractivity contribution in [2.45, 2.75) is 11.8 Å². The molecule has 1 amide bonds. The van der Waals surface area contributed by atoms with Crippen LogP contribution >= 0.6 is 0 Å². The lowest BCUT2D eigenvalue weighted by atomic mass is 10.1. The van der Waals surface area contributed by atoms with Crippen molar-refractivity contribution in [3.05, 3.63) is 101 Å². The molecule has 10 nitrogen and oxygen atoms in total. The first kappa shape index (κ1) is 26.3. The van der Waals surface area contributed by atoms with Crippen LogP contribution in [0.4, 0.5) is 0 Å². The van der Waals surface area contributed by atoms with E-state index in [1.54, 1.807) is 54.3 Å². The zero-order valence-corrected chi connectivity index (χ0v) is 22.0. The molecule has 2 heterocycles. The molecule has 11 heteroatoms. The molecule has 4 aromatic rings. The minimum absolute atomic E-state index is 0.0735. The summed E-state index contributed by atoms with van der Waals surface area (Å²) in [5.41, 5.74) is 1.71. The van der Waals surface area contributed by atoms with Crippen LogP contribution in [0.3, 0.4) is 0 Å². The minimum Gasteiger partial charge on any atom is -0.462 e. The minimum atomic E-state index is -3.78. The Bertz CT molecular complexity index is 1690. The van der Waals surface area contributed by atoms with Crippen molar-refractivity contribution in [3.63, 3.8) is 0 Å². The Balaban J connectivity index is 1.24. The normalized spacial score (nSPS) is 14.3. The van der Waals surface area contributed by atoms with Gasteiger partial charge in [-0.15, -0.1) is 0 Å². The highest BCUT2D eigenvalue weighted by Gasteiger charge is 2.30. The largest absolute Gasteiger partial charge is 0.462 e. The number of para-hydroxylation sites is 1. The smallest absolute Gasteiger partial charge is 0.338 e. The summed E-state index contributed by atoms with van der Waals surface area (Å²) < 4.78 is 33.9. The number of aromatic nitrogens is 2. The van der Waals surface area contributed by atoms with Gasteiger partial charge in [-0.2, -0.15) is 4.31 Å². The van der Waals surface area contributed by atoms with Gasteiger partial charge in [-0.1, -0.05) is 12.1 Å². The predicted molar refractivity (Wildman–Crippen MR) is 144 cm³/mol. The Morgan fingerprint density at radius 3 is 2.18 bits per heavy atom. The maximum absolute atomic E-state index is 13.1. The van der Waals surface area contributed by atoms with Crippen molar-refractivity contribution in [1.29, 1.82) is 0 Å². The van der Waals surface area contributed by atoms with Crippen molar-refractivity contribution in [2.75, 3.05) is 32.8 Å². The number of carbonyl (C=O) groups is 2. The van der Waals surface area contributed by atoms with Gasteiger partial charge < -0.3 is 9.64 Å². The molecule has 0 bridgehead atoms. The topological polar surface area (TPSA) is 119 Å². The number of benzene rings is 3. The molecule has 0 aliphatic carbocycles. The molecule has 1 aliphatic rings. The van der Waals surface area contributed by atoms with Crippen LogP contribution in [0.1, 0.15) is 27.6 Å². The Kier molecular flexibility index (Phi) is 7.27. The lowest BCUT2D eigenvalue weighted by Gasteiger charge is -2.34. The van der Waals surface area contributed by atoms with E-state index in [0.29, 0.717) is 22.2 Å². The summed E-state index contributed by atoms with van der Waals surface area (Å²) in [6.45, 7) is 2.67. The predicted octanol–water partition coefficient (Wildman–Crippen LogP) is 2.71. The van der Waals surface area contributed by atoms with E-state index in [4.69, 9.17) is 4.74 Å². The number of amides is 1. The van der Waals surface area contributed by atoms with Crippen molar-refractivity contribution in [1.82, 2.24) is 18.8 Å². The van der Waals surface area contributed by atoms with Crippen molar-refractivity contribution in [2.24, 2.45) is 0 Å². The van der Waals surface area contributed by atoms with Gasteiger partial charge in [0.25, 0.3) is 11.5 Å². The van der Waals surface area contributed by atoms with Gasteiger partial charge >= 0.3 is 5.97 Å². The molecule has 5 rings (SSSR count). The fraction of sp³-hybridized carbons (Fsp3) is 0.214. The van der Waals surface area contributed by atoms with Gasteiger partial charge in [-0.25, -0.2) is 18.2 Å². The molecule has 1 aliphatic heterocycles. The zero-order valence-electron chi connectivity index (χ0n) is 21.2. The van der Waals surface area contributed by atoms with E-state index < -0.39 is 16.0 Å². The zero-order chi connectivity index (χ0) is 27.6. The van der Waals surface area contributed by atoms with E-state index in [2.05, 4.69) is 4.98 Å². The summed E-state index contributed by atoms with van der Waals surface area (Å²) in [5, 5.41) is 0.503. The second kappa shape index (κ2) is 10.8. The molecule has 0 N–H and O–H groups in total. The standard InChI is InChI=1S/C28H26N4O6S/c1-2-38-28(35)21-9-13-23(14-10-21)39(36,37)31-17-15-30(16-18-31)26(33)20-7-11-22(12-8-20)32-19-29-25-6-4-3-5-24(25)27(32)34/h3-14,19H,2,15-18H2,1H3. The highest BCUT2D eigenvalue weighted by molar-refractivity contribution is 7.89. The maximum Gasteiger partial charge on any atom is 0.338 e. The third kappa shape index (κ3) is 5.18. The van der Waals surface area contributed by atoms with Gasteiger partial charge in [-0.05, 0) is 67.6 Å².